The molecule has 2 aliphatic rings. The largest absolute Gasteiger partial charge is 0.482 e. The number of ether oxygens (including phenoxy) is 1. The van der Waals surface area contributed by atoms with Crippen LogP contribution in [0.1, 0.15) is 40.0 Å². The molecule has 1 N–H and O–H groups in total. The third-order valence-corrected chi connectivity index (χ3v) is 6.64. The standard InChI is InChI=1S/C18H24ClNO2/c1-17(2)12-8-9-18(17,3)15(10-12)20-16(21)11-22-14-7-5-4-6-13(14)19/h4-7,12,15H,8-11H2,1-3H3,(H,20,21)/t12-,15+,18-/m1/s1. The van der Waals surface area contributed by atoms with Crippen molar-refractivity contribution in [3.63, 3.8) is 0 Å². The summed E-state index contributed by atoms with van der Waals surface area (Å²) in [6.45, 7) is 7.02. The average molecular weight is 322 g/mol. The van der Waals surface area contributed by atoms with Gasteiger partial charge in [-0.1, -0.05) is 44.5 Å². The highest BCUT2D eigenvalue weighted by atomic mass is 35.5. The quantitative estimate of drug-likeness (QED) is 0.908. The number of fused-ring (bicyclic) bond motifs is 2. The Morgan fingerprint density at radius 3 is 2.68 bits per heavy atom. The number of rotatable bonds is 4. The summed E-state index contributed by atoms with van der Waals surface area (Å²) >= 11 is 6.03. The van der Waals surface area contributed by atoms with Gasteiger partial charge in [0, 0.05) is 6.04 Å². The van der Waals surface area contributed by atoms with E-state index in [1.807, 2.05) is 12.1 Å². The number of nitrogens with one attached hydrogen (secondary N) is 1. The van der Waals surface area contributed by atoms with Crippen LogP contribution in [0.3, 0.4) is 0 Å². The zero-order valence-electron chi connectivity index (χ0n) is 13.5. The van der Waals surface area contributed by atoms with Gasteiger partial charge < -0.3 is 10.1 Å². The zero-order chi connectivity index (χ0) is 16.0. The second kappa shape index (κ2) is 5.45. The summed E-state index contributed by atoms with van der Waals surface area (Å²) in [5.74, 6) is 1.21. The molecule has 0 saturated heterocycles. The lowest BCUT2D eigenvalue weighted by atomic mass is 9.69. The van der Waals surface area contributed by atoms with Gasteiger partial charge in [0.2, 0.25) is 0 Å². The van der Waals surface area contributed by atoms with Crippen LogP contribution in [-0.2, 0) is 4.79 Å². The Morgan fingerprint density at radius 2 is 2.09 bits per heavy atom. The molecule has 120 valence electrons. The minimum atomic E-state index is -0.0607. The van der Waals surface area contributed by atoms with Crippen molar-refractivity contribution in [3.05, 3.63) is 29.3 Å². The van der Waals surface area contributed by atoms with Crippen molar-refractivity contribution in [2.75, 3.05) is 6.61 Å². The van der Waals surface area contributed by atoms with Gasteiger partial charge in [-0.15, -0.1) is 0 Å². The van der Waals surface area contributed by atoms with Crippen LogP contribution in [-0.4, -0.2) is 18.6 Å². The van der Waals surface area contributed by atoms with Gasteiger partial charge >= 0.3 is 0 Å². The number of hydrogen-bond donors (Lipinski definition) is 1. The third kappa shape index (κ3) is 2.40. The Morgan fingerprint density at radius 1 is 1.36 bits per heavy atom. The Balaban J connectivity index is 1.59. The first-order valence-corrected chi connectivity index (χ1v) is 8.39. The maximum atomic E-state index is 12.2. The van der Waals surface area contributed by atoms with Crippen molar-refractivity contribution in [1.29, 1.82) is 0 Å². The van der Waals surface area contributed by atoms with Crippen LogP contribution in [0.2, 0.25) is 5.02 Å². The third-order valence-electron chi connectivity index (χ3n) is 6.32. The smallest absolute Gasteiger partial charge is 0.258 e. The van der Waals surface area contributed by atoms with Gasteiger partial charge in [0.05, 0.1) is 5.02 Å². The van der Waals surface area contributed by atoms with E-state index < -0.39 is 0 Å². The van der Waals surface area contributed by atoms with E-state index in [2.05, 4.69) is 26.1 Å². The van der Waals surface area contributed by atoms with Crippen LogP contribution >= 0.6 is 11.6 Å². The van der Waals surface area contributed by atoms with Gasteiger partial charge in [-0.2, -0.15) is 0 Å². The van der Waals surface area contributed by atoms with Crippen molar-refractivity contribution in [1.82, 2.24) is 5.32 Å². The summed E-state index contributed by atoms with van der Waals surface area (Å²) < 4.78 is 5.53. The zero-order valence-corrected chi connectivity index (χ0v) is 14.2. The molecule has 1 aromatic rings. The van der Waals surface area contributed by atoms with Crippen LogP contribution in [0.15, 0.2) is 24.3 Å². The lowest BCUT2D eigenvalue weighted by molar-refractivity contribution is -0.124. The van der Waals surface area contributed by atoms with Gasteiger partial charge in [-0.3, -0.25) is 4.79 Å². The molecule has 0 spiro atoms. The predicted molar refractivity (Wildman–Crippen MR) is 88.1 cm³/mol. The second-order valence-electron chi connectivity index (χ2n) is 7.45. The van der Waals surface area contributed by atoms with Gasteiger partial charge in [0.25, 0.3) is 5.91 Å². The minimum absolute atomic E-state index is 0.0153. The van der Waals surface area contributed by atoms with E-state index in [4.69, 9.17) is 16.3 Å². The predicted octanol–water partition coefficient (Wildman–Crippen LogP) is 4.05. The molecule has 0 aromatic heterocycles. The highest BCUT2D eigenvalue weighted by Crippen LogP contribution is 2.65. The molecule has 3 rings (SSSR count). The van der Waals surface area contributed by atoms with E-state index in [1.54, 1.807) is 12.1 Å². The molecular formula is C18H24ClNO2. The maximum absolute atomic E-state index is 12.2. The SMILES string of the molecule is CC1(C)[C@@H]2CC[C@]1(C)[C@@H](NC(=O)COc1ccccc1Cl)C2. The number of para-hydroxylation sites is 1. The average Bonchev–Trinajstić information content (AvgIpc) is 2.80. The van der Waals surface area contributed by atoms with Gasteiger partial charge in [-0.05, 0) is 48.1 Å². The summed E-state index contributed by atoms with van der Waals surface area (Å²) in [5.41, 5.74) is 0.492. The summed E-state index contributed by atoms with van der Waals surface area (Å²) in [5, 5.41) is 3.72. The molecule has 1 aromatic carbocycles. The minimum Gasteiger partial charge on any atom is -0.482 e. The van der Waals surface area contributed by atoms with Crippen molar-refractivity contribution in [2.24, 2.45) is 16.7 Å². The summed E-state index contributed by atoms with van der Waals surface area (Å²) in [6, 6.07) is 7.47. The monoisotopic (exact) mass is 321 g/mol. The highest BCUT2D eigenvalue weighted by Gasteiger charge is 2.61. The Hall–Kier alpha value is -1.22. The number of carbonyl (C=O) groups is 1. The van der Waals surface area contributed by atoms with Crippen LogP contribution in [0.25, 0.3) is 0 Å². The molecule has 3 atom stereocenters. The fourth-order valence-corrected chi connectivity index (χ4v) is 4.55. The molecule has 0 aliphatic heterocycles. The topological polar surface area (TPSA) is 38.3 Å². The number of amides is 1. The Bertz CT molecular complexity index is 586. The van der Waals surface area contributed by atoms with Gasteiger partial charge in [-0.25, -0.2) is 0 Å². The fourth-order valence-electron chi connectivity index (χ4n) is 4.36. The van der Waals surface area contributed by atoms with Crippen LogP contribution < -0.4 is 10.1 Å². The normalized spacial score (nSPS) is 32.0. The molecule has 0 unspecified atom stereocenters. The molecule has 1 amide bonds. The van der Waals surface area contributed by atoms with E-state index in [0.29, 0.717) is 22.1 Å². The second-order valence-corrected chi connectivity index (χ2v) is 7.86. The molecule has 2 bridgehead atoms. The van der Waals surface area contributed by atoms with Gasteiger partial charge in [0.1, 0.15) is 5.75 Å². The lowest BCUT2D eigenvalue weighted by Crippen LogP contribution is -2.48. The van der Waals surface area contributed by atoms with Crippen molar-refractivity contribution < 1.29 is 9.53 Å². The Kier molecular flexibility index (Phi) is 3.88. The van der Waals surface area contributed by atoms with Crippen LogP contribution in [0.4, 0.5) is 0 Å². The Labute approximate surface area is 137 Å². The number of carbonyl (C=O) groups excluding carboxylic acids is 1. The first-order valence-electron chi connectivity index (χ1n) is 8.01. The molecule has 4 heteroatoms. The maximum Gasteiger partial charge on any atom is 0.258 e. The van der Waals surface area contributed by atoms with Gasteiger partial charge in [0.15, 0.2) is 6.61 Å². The highest BCUT2D eigenvalue weighted by molar-refractivity contribution is 6.32. The lowest BCUT2D eigenvalue weighted by Gasteiger charge is -2.39. The first-order chi connectivity index (χ1) is 10.3. The number of hydrogen-bond acceptors (Lipinski definition) is 2. The first kappa shape index (κ1) is 15.7. The summed E-state index contributed by atoms with van der Waals surface area (Å²) in [6.07, 6.45) is 3.56. The van der Waals surface area contributed by atoms with E-state index in [-0.39, 0.29) is 24.0 Å². The fraction of sp³-hybridized carbons (Fsp3) is 0.611. The molecule has 3 nitrogen and oxygen atoms in total. The van der Waals surface area contributed by atoms with E-state index >= 15 is 0 Å². The molecular weight excluding hydrogens is 298 g/mol. The van der Waals surface area contributed by atoms with Crippen LogP contribution in [0, 0.1) is 16.7 Å². The molecule has 2 saturated carbocycles. The van der Waals surface area contributed by atoms with Crippen LogP contribution in [0.5, 0.6) is 5.75 Å². The van der Waals surface area contributed by atoms with E-state index in [0.717, 1.165) is 6.42 Å². The van der Waals surface area contributed by atoms with Crippen molar-refractivity contribution in [2.45, 2.75) is 46.1 Å². The summed E-state index contributed by atoms with van der Waals surface area (Å²) in [4.78, 5) is 12.2. The summed E-state index contributed by atoms with van der Waals surface area (Å²) in [7, 11) is 0. The molecule has 2 aliphatic carbocycles. The number of benzene rings is 1. The number of halogens is 1. The molecule has 0 heterocycles. The molecule has 2 fully saturated rings. The van der Waals surface area contributed by atoms with E-state index in [9.17, 15) is 4.79 Å². The molecule has 22 heavy (non-hydrogen) atoms. The van der Waals surface area contributed by atoms with Crippen molar-refractivity contribution in [3.8, 4) is 5.75 Å². The van der Waals surface area contributed by atoms with E-state index in [1.165, 1.54) is 12.8 Å². The molecule has 0 radical (unpaired) electrons. The van der Waals surface area contributed by atoms with Crippen molar-refractivity contribution >= 4 is 17.5 Å².